The zero-order valence-corrected chi connectivity index (χ0v) is 19.3. The van der Waals surface area contributed by atoms with Crippen molar-refractivity contribution in [2.75, 3.05) is 5.32 Å². The molecule has 2 N–H and O–H groups in total. The van der Waals surface area contributed by atoms with Crippen LogP contribution in [0.5, 0.6) is 0 Å². The molecule has 0 fully saturated rings. The van der Waals surface area contributed by atoms with Crippen molar-refractivity contribution in [3.05, 3.63) is 96.7 Å². The van der Waals surface area contributed by atoms with Gasteiger partial charge in [-0.3, -0.25) is 9.59 Å². The summed E-state index contributed by atoms with van der Waals surface area (Å²) < 4.78 is 53.4. The fraction of sp³-hybridized carbons (Fsp3) is 0.0909. The first kappa shape index (κ1) is 23.5. The molecule has 11 heteroatoms. The lowest BCUT2D eigenvalue weighted by atomic mass is 9.96. The molecule has 3 aromatic carbocycles. The Hall–Kier alpha value is -2.62. The molecule has 1 atom stereocenters. The molecule has 0 spiro atoms. The number of amides is 2. The summed E-state index contributed by atoms with van der Waals surface area (Å²) in [6.45, 7) is 0. The summed E-state index contributed by atoms with van der Waals surface area (Å²) >= 11 is 15.6. The van der Waals surface area contributed by atoms with Crippen molar-refractivity contribution in [1.29, 1.82) is 0 Å². The van der Waals surface area contributed by atoms with E-state index in [1.54, 1.807) is 18.2 Å². The second-order valence-corrected chi connectivity index (χ2v) is 8.93. The number of benzene rings is 3. The Labute approximate surface area is 203 Å². The third-order valence-corrected chi connectivity index (χ3v) is 6.00. The van der Waals surface area contributed by atoms with E-state index in [9.17, 15) is 27.2 Å². The number of anilines is 1. The molecule has 0 radical (unpaired) electrons. The average molecular weight is 562 g/mol. The number of alkyl halides is 3. The molecule has 0 bridgehead atoms. The van der Waals surface area contributed by atoms with E-state index in [1.807, 2.05) is 0 Å². The molecule has 2 amide bonds. The number of rotatable bonds is 3. The zero-order chi connectivity index (χ0) is 24.1. The van der Waals surface area contributed by atoms with Gasteiger partial charge < -0.3 is 10.6 Å². The molecule has 4 rings (SSSR count). The van der Waals surface area contributed by atoms with E-state index >= 15 is 0 Å². The van der Waals surface area contributed by atoms with Crippen LogP contribution in [0.15, 0.2) is 53.0 Å². The van der Waals surface area contributed by atoms with Gasteiger partial charge in [0.25, 0.3) is 11.8 Å². The number of carbonyl (C=O) groups is 2. The summed E-state index contributed by atoms with van der Waals surface area (Å²) in [5, 5.41) is 5.91. The Bertz CT molecular complexity index is 1310. The highest BCUT2D eigenvalue weighted by atomic mass is 79.9. The smallest absolute Gasteiger partial charge is 0.341 e. The van der Waals surface area contributed by atoms with Crippen LogP contribution in [0.4, 0.5) is 23.2 Å². The minimum atomic E-state index is -4.83. The van der Waals surface area contributed by atoms with E-state index in [0.29, 0.717) is 43.8 Å². The quantitative estimate of drug-likeness (QED) is 0.338. The van der Waals surface area contributed by atoms with E-state index < -0.39 is 41.0 Å². The van der Waals surface area contributed by atoms with Gasteiger partial charge in [0.05, 0.1) is 11.6 Å². The first-order chi connectivity index (χ1) is 15.4. The predicted octanol–water partition coefficient (Wildman–Crippen LogP) is 7.00. The largest absolute Gasteiger partial charge is 0.416 e. The molecular formula is C22H11BrCl2F4N2O2. The highest BCUT2D eigenvalue weighted by Crippen LogP contribution is 2.41. The average Bonchev–Trinajstić information content (AvgIpc) is 3.05. The topological polar surface area (TPSA) is 58.2 Å². The molecule has 0 saturated carbocycles. The van der Waals surface area contributed by atoms with E-state index in [4.69, 9.17) is 23.2 Å². The molecular weight excluding hydrogens is 551 g/mol. The molecule has 0 saturated heterocycles. The number of carbonyl (C=O) groups excluding carboxylic acids is 2. The van der Waals surface area contributed by atoms with Crippen LogP contribution in [0.3, 0.4) is 0 Å². The van der Waals surface area contributed by atoms with Gasteiger partial charge in [0.1, 0.15) is 5.82 Å². The van der Waals surface area contributed by atoms with Gasteiger partial charge in [-0.1, -0.05) is 39.1 Å². The maximum absolute atomic E-state index is 13.8. The monoisotopic (exact) mass is 560 g/mol. The summed E-state index contributed by atoms with van der Waals surface area (Å²) in [7, 11) is 0. The van der Waals surface area contributed by atoms with Gasteiger partial charge in [-0.05, 0) is 54.1 Å². The summed E-state index contributed by atoms with van der Waals surface area (Å²) in [5.74, 6) is -2.65. The van der Waals surface area contributed by atoms with E-state index in [2.05, 4.69) is 26.6 Å². The van der Waals surface area contributed by atoms with E-state index in [1.165, 1.54) is 12.1 Å². The highest BCUT2D eigenvalue weighted by Gasteiger charge is 2.35. The molecule has 1 heterocycles. The standard InChI is InChI=1S/C22H11BrCl2F4N2O2/c23-11-6-15-18(19(31-21(15)33)14-8-12(24)1-2-16(14)25)17(7-11)30-20(32)9-3-10(22(27,28)29)5-13(26)4-9/h1-8,19H,(H,30,32)(H,31,33)/t19-/m0/s1. The molecule has 1 aliphatic rings. The van der Waals surface area contributed by atoms with Crippen molar-refractivity contribution in [2.45, 2.75) is 12.2 Å². The number of nitrogens with one attached hydrogen (secondary N) is 2. The van der Waals surface area contributed by atoms with Crippen molar-refractivity contribution in [3.8, 4) is 0 Å². The van der Waals surface area contributed by atoms with Gasteiger partial charge >= 0.3 is 6.18 Å². The maximum atomic E-state index is 13.8. The number of hydrogen-bond donors (Lipinski definition) is 2. The zero-order valence-electron chi connectivity index (χ0n) is 16.2. The Kier molecular flexibility index (Phi) is 6.15. The Morgan fingerprint density at radius 3 is 2.48 bits per heavy atom. The van der Waals surface area contributed by atoms with Gasteiger partial charge in [0.2, 0.25) is 0 Å². The Morgan fingerprint density at radius 1 is 1.06 bits per heavy atom. The molecule has 0 aromatic heterocycles. The van der Waals surface area contributed by atoms with Gasteiger partial charge in [-0.2, -0.15) is 13.2 Å². The fourth-order valence-corrected chi connectivity index (χ4v) is 4.41. The third kappa shape index (κ3) is 4.71. The highest BCUT2D eigenvalue weighted by molar-refractivity contribution is 9.10. The first-order valence-corrected chi connectivity index (χ1v) is 10.8. The van der Waals surface area contributed by atoms with Crippen LogP contribution >= 0.6 is 39.1 Å². The van der Waals surface area contributed by atoms with Crippen molar-refractivity contribution in [2.24, 2.45) is 0 Å². The molecule has 0 aliphatic carbocycles. The van der Waals surface area contributed by atoms with Crippen LogP contribution < -0.4 is 10.6 Å². The summed E-state index contributed by atoms with van der Waals surface area (Å²) in [5.41, 5.74) is -0.692. The summed E-state index contributed by atoms with van der Waals surface area (Å²) in [4.78, 5) is 25.4. The normalized spacial score (nSPS) is 15.2. The van der Waals surface area contributed by atoms with Crippen LogP contribution in [0, 0.1) is 5.82 Å². The third-order valence-electron chi connectivity index (χ3n) is 4.96. The van der Waals surface area contributed by atoms with Crippen molar-refractivity contribution >= 4 is 56.6 Å². The van der Waals surface area contributed by atoms with Gasteiger partial charge in [-0.15, -0.1) is 0 Å². The second-order valence-electron chi connectivity index (χ2n) is 7.17. The van der Waals surface area contributed by atoms with Crippen molar-refractivity contribution in [1.82, 2.24) is 5.32 Å². The van der Waals surface area contributed by atoms with Crippen LogP contribution in [-0.4, -0.2) is 11.8 Å². The lowest BCUT2D eigenvalue weighted by molar-refractivity contribution is -0.137. The summed E-state index contributed by atoms with van der Waals surface area (Å²) in [6, 6.07) is 8.43. The van der Waals surface area contributed by atoms with Gasteiger partial charge in [-0.25, -0.2) is 4.39 Å². The molecule has 4 nitrogen and oxygen atoms in total. The lowest BCUT2D eigenvalue weighted by Gasteiger charge is -2.18. The lowest BCUT2D eigenvalue weighted by Crippen LogP contribution is -2.21. The fourth-order valence-electron chi connectivity index (χ4n) is 3.55. The summed E-state index contributed by atoms with van der Waals surface area (Å²) in [6.07, 6.45) is -4.83. The molecule has 33 heavy (non-hydrogen) atoms. The molecule has 170 valence electrons. The molecule has 3 aromatic rings. The minimum Gasteiger partial charge on any atom is -0.341 e. The van der Waals surface area contributed by atoms with Crippen LogP contribution in [0.1, 0.15) is 43.4 Å². The maximum Gasteiger partial charge on any atom is 0.416 e. The van der Waals surface area contributed by atoms with Gasteiger partial charge in [0.15, 0.2) is 0 Å². The first-order valence-electron chi connectivity index (χ1n) is 9.22. The van der Waals surface area contributed by atoms with Crippen LogP contribution in [-0.2, 0) is 6.18 Å². The number of hydrogen-bond acceptors (Lipinski definition) is 2. The number of halogens is 7. The number of fused-ring (bicyclic) bond motifs is 1. The van der Waals surface area contributed by atoms with E-state index in [0.717, 1.165) is 0 Å². The minimum absolute atomic E-state index is 0.126. The van der Waals surface area contributed by atoms with E-state index in [-0.39, 0.29) is 11.3 Å². The second kappa shape index (κ2) is 8.62. The van der Waals surface area contributed by atoms with Crippen LogP contribution in [0.2, 0.25) is 10.0 Å². The van der Waals surface area contributed by atoms with Crippen molar-refractivity contribution in [3.63, 3.8) is 0 Å². The molecule has 1 aliphatic heterocycles. The van der Waals surface area contributed by atoms with Gasteiger partial charge in [0, 0.05) is 36.9 Å². The SMILES string of the molecule is O=C(Nc1cc(Br)cc2c1[C@H](c1cc(Cl)ccc1Cl)NC2=O)c1cc(F)cc(C(F)(F)F)c1. The van der Waals surface area contributed by atoms with Crippen LogP contribution in [0.25, 0.3) is 0 Å². The predicted molar refractivity (Wildman–Crippen MR) is 119 cm³/mol. The Morgan fingerprint density at radius 2 is 1.79 bits per heavy atom. The molecule has 0 unspecified atom stereocenters. The van der Waals surface area contributed by atoms with Crippen molar-refractivity contribution < 1.29 is 27.2 Å². The Balaban J connectivity index is 1.79.